The number of nitrogens with one attached hydrogen (secondary N) is 1. The van der Waals surface area contributed by atoms with Crippen molar-refractivity contribution in [2.24, 2.45) is 0 Å². The molecule has 1 unspecified atom stereocenters. The molecule has 1 amide bonds. The fourth-order valence-electron chi connectivity index (χ4n) is 5.53. The minimum Gasteiger partial charge on any atom is -0.359 e. The van der Waals surface area contributed by atoms with Crippen LogP contribution >= 0.6 is 0 Å². The first-order valence-corrected chi connectivity index (χ1v) is 11.1. The summed E-state index contributed by atoms with van der Waals surface area (Å²) in [6.07, 6.45) is 6.05. The molecular formula is C26H28N4O2. The number of pyridine rings is 1. The van der Waals surface area contributed by atoms with E-state index in [1.807, 2.05) is 30.6 Å². The molecule has 0 radical (unpaired) electrons. The Hall–Kier alpha value is -3.22. The Morgan fingerprint density at radius 1 is 1.09 bits per heavy atom. The Kier molecular flexibility index (Phi) is 5.41. The molecule has 3 heterocycles. The van der Waals surface area contributed by atoms with E-state index in [1.165, 1.54) is 16.8 Å². The lowest BCUT2D eigenvalue weighted by Gasteiger charge is -2.44. The molecule has 0 bridgehead atoms. The number of hydroxylamine groups is 1. The summed E-state index contributed by atoms with van der Waals surface area (Å²) in [5.41, 5.74) is 7.25. The molecule has 3 aromatic rings. The average molecular weight is 429 g/mol. The number of likely N-dealkylation sites (tertiary alicyclic amines) is 1. The zero-order valence-corrected chi connectivity index (χ0v) is 18.2. The molecule has 2 N–H and O–H groups in total. The molecule has 0 aliphatic carbocycles. The van der Waals surface area contributed by atoms with Gasteiger partial charge in [-0.05, 0) is 73.9 Å². The highest BCUT2D eigenvalue weighted by molar-refractivity contribution is 5.93. The first-order valence-electron chi connectivity index (χ1n) is 11.1. The first kappa shape index (κ1) is 20.7. The molecule has 1 fully saturated rings. The highest BCUT2D eigenvalue weighted by Gasteiger charge is 2.52. The van der Waals surface area contributed by atoms with Gasteiger partial charge in [-0.25, -0.2) is 5.48 Å². The summed E-state index contributed by atoms with van der Waals surface area (Å²) >= 11 is 0. The molecule has 6 heteroatoms. The molecule has 1 aromatic heterocycles. The van der Waals surface area contributed by atoms with E-state index in [0.717, 1.165) is 38.0 Å². The van der Waals surface area contributed by atoms with Gasteiger partial charge in [0.2, 0.25) is 0 Å². The van der Waals surface area contributed by atoms with Gasteiger partial charge in [0.15, 0.2) is 0 Å². The van der Waals surface area contributed by atoms with E-state index in [1.54, 1.807) is 17.6 Å². The zero-order valence-electron chi connectivity index (χ0n) is 18.2. The van der Waals surface area contributed by atoms with Crippen LogP contribution in [0.25, 0.3) is 0 Å². The van der Waals surface area contributed by atoms with E-state index in [0.29, 0.717) is 5.56 Å². The number of carbonyl (C=O) groups is 1. The molecule has 0 saturated carbocycles. The van der Waals surface area contributed by atoms with Crippen LogP contribution in [0.1, 0.15) is 45.9 Å². The van der Waals surface area contributed by atoms with Crippen molar-refractivity contribution in [2.75, 3.05) is 25.0 Å². The third-order valence-corrected chi connectivity index (χ3v) is 7.13. The van der Waals surface area contributed by atoms with Crippen molar-refractivity contribution in [3.63, 3.8) is 0 Å². The maximum atomic E-state index is 11.7. The number of hydrogen-bond acceptors (Lipinski definition) is 5. The number of aromatic nitrogens is 1. The third kappa shape index (κ3) is 3.45. The van der Waals surface area contributed by atoms with E-state index in [9.17, 15) is 4.79 Å². The lowest BCUT2D eigenvalue weighted by atomic mass is 9.68. The smallest absolute Gasteiger partial charge is 0.274 e. The van der Waals surface area contributed by atoms with Crippen LogP contribution in [0.2, 0.25) is 0 Å². The number of nitrogens with zero attached hydrogens (tertiary/aromatic N) is 3. The van der Waals surface area contributed by atoms with E-state index >= 15 is 0 Å². The second-order valence-corrected chi connectivity index (χ2v) is 8.93. The molecule has 32 heavy (non-hydrogen) atoms. The standard InChI is InChI=1S/C26H28N4O2/c1-29-15-12-26(13-16-29)22-6-2-3-7-23(22)30(24(26)21-5-4-14-27-17-21)18-19-8-10-20(11-9-19)25(31)28-32/h2-11,14,17,24,32H,12-13,15-16,18H2,1H3,(H,28,31). The molecule has 2 aliphatic heterocycles. The van der Waals surface area contributed by atoms with Crippen LogP contribution in [0.4, 0.5) is 5.69 Å². The number of para-hydroxylation sites is 1. The molecule has 164 valence electrons. The predicted molar refractivity (Wildman–Crippen MR) is 124 cm³/mol. The molecule has 2 aromatic carbocycles. The molecule has 2 aliphatic rings. The van der Waals surface area contributed by atoms with Gasteiger partial charge < -0.3 is 9.80 Å². The summed E-state index contributed by atoms with van der Waals surface area (Å²) in [5.74, 6) is -0.499. The van der Waals surface area contributed by atoms with Crippen LogP contribution in [0.5, 0.6) is 0 Å². The van der Waals surface area contributed by atoms with E-state index < -0.39 is 5.91 Å². The number of rotatable bonds is 4. The average Bonchev–Trinajstić information content (AvgIpc) is 3.11. The zero-order chi connectivity index (χ0) is 22.1. The van der Waals surface area contributed by atoms with Gasteiger partial charge in [0.05, 0.1) is 6.04 Å². The van der Waals surface area contributed by atoms with Crippen molar-refractivity contribution in [3.8, 4) is 0 Å². The van der Waals surface area contributed by atoms with Crippen LogP contribution in [-0.2, 0) is 12.0 Å². The van der Waals surface area contributed by atoms with Gasteiger partial charge in [-0.15, -0.1) is 0 Å². The minimum atomic E-state index is -0.499. The van der Waals surface area contributed by atoms with Gasteiger partial charge in [-0.3, -0.25) is 15.0 Å². The number of fused-ring (bicyclic) bond motifs is 2. The molecule has 1 spiro atoms. The summed E-state index contributed by atoms with van der Waals surface area (Å²) in [6, 6.07) is 20.7. The van der Waals surface area contributed by atoms with Gasteiger partial charge in [0.25, 0.3) is 5.91 Å². The number of hydrogen-bond donors (Lipinski definition) is 2. The Balaban J connectivity index is 1.58. The van der Waals surface area contributed by atoms with Crippen LogP contribution in [-0.4, -0.2) is 41.1 Å². The summed E-state index contributed by atoms with van der Waals surface area (Å²) in [4.78, 5) is 21.1. The van der Waals surface area contributed by atoms with Gasteiger partial charge >= 0.3 is 0 Å². The minimum absolute atomic E-state index is 0.0445. The summed E-state index contributed by atoms with van der Waals surface area (Å²) in [5, 5.41) is 8.90. The van der Waals surface area contributed by atoms with Crippen molar-refractivity contribution in [1.29, 1.82) is 0 Å². The fourth-order valence-corrected chi connectivity index (χ4v) is 5.53. The number of anilines is 1. The van der Waals surface area contributed by atoms with Crippen LogP contribution < -0.4 is 10.4 Å². The van der Waals surface area contributed by atoms with Crippen molar-refractivity contribution in [1.82, 2.24) is 15.4 Å². The number of benzene rings is 2. The SMILES string of the molecule is CN1CCC2(CC1)c1ccccc1N(Cc1ccc(C(=O)NO)cc1)C2c1cccnc1. The summed E-state index contributed by atoms with van der Waals surface area (Å²) in [6.45, 7) is 2.88. The van der Waals surface area contributed by atoms with Gasteiger partial charge in [0, 0.05) is 35.6 Å². The van der Waals surface area contributed by atoms with E-state index in [-0.39, 0.29) is 11.5 Å². The number of piperidine rings is 1. The number of amides is 1. The second-order valence-electron chi connectivity index (χ2n) is 8.93. The van der Waals surface area contributed by atoms with E-state index in [2.05, 4.69) is 52.2 Å². The monoisotopic (exact) mass is 428 g/mol. The highest BCUT2D eigenvalue weighted by atomic mass is 16.5. The maximum absolute atomic E-state index is 11.7. The Labute approximate surface area is 188 Å². The Morgan fingerprint density at radius 3 is 2.53 bits per heavy atom. The van der Waals surface area contributed by atoms with Crippen molar-refractivity contribution < 1.29 is 10.0 Å². The molecule has 1 saturated heterocycles. The Morgan fingerprint density at radius 2 is 1.84 bits per heavy atom. The van der Waals surface area contributed by atoms with Gasteiger partial charge in [-0.1, -0.05) is 36.4 Å². The van der Waals surface area contributed by atoms with Gasteiger partial charge in [-0.2, -0.15) is 0 Å². The van der Waals surface area contributed by atoms with Crippen LogP contribution in [0.3, 0.4) is 0 Å². The lowest BCUT2D eigenvalue weighted by Crippen LogP contribution is -2.45. The normalized spacial score (nSPS) is 19.7. The largest absolute Gasteiger partial charge is 0.359 e. The molecule has 5 rings (SSSR count). The first-order chi connectivity index (χ1) is 15.6. The lowest BCUT2D eigenvalue weighted by molar-refractivity contribution is 0.0706. The Bertz CT molecular complexity index is 1090. The summed E-state index contributed by atoms with van der Waals surface area (Å²) < 4.78 is 0. The summed E-state index contributed by atoms with van der Waals surface area (Å²) in [7, 11) is 2.20. The van der Waals surface area contributed by atoms with Crippen LogP contribution in [0.15, 0.2) is 73.1 Å². The topological polar surface area (TPSA) is 68.7 Å². The maximum Gasteiger partial charge on any atom is 0.274 e. The second kappa shape index (κ2) is 8.37. The molecule has 1 atom stereocenters. The molecular weight excluding hydrogens is 400 g/mol. The fraction of sp³-hybridized carbons (Fsp3) is 0.308. The predicted octanol–water partition coefficient (Wildman–Crippen LogP) is 3.93. The quantitative estimate of drug-likeness (QED) is 0.487. The van der Waals surface area contributed by atoms with Crippen LogP contribution in [0, 0.1) is 0 Å². The van der Waals surface area contributed by atoms with Crippen molar-refractivity contribution in [2.45, 2.75) is 30.8 Å². The van der Waals surface area contributed by atoms with Crippen molar-refractivity contribution >= 4 is 11.6 Å². The third-order valence-electron chi connectivity index (χ3n) is 7.13. The van der Waals surface area contributed by atoms with Gasteiger partial charge in [0.1, 0.15) is 0 Å². The number of carbonyl (C=O) groups excluding carboxylic acids is 1. The molecule has 6 nitrogen and oxygen atoms in total. The highest BCUT2D eigenvalue weighted by Crippen LogP contribution is 2.57. The van der Waals surface area contributed by atoms with Crippen molar-refractivity contribution in [3.05, 3.63) is 95.3 Å². The van der Waals surface area contributed by atoms with E-state index in [4.69, 9.17) is 5.21 Å².